The van der Waals surface area contributed by atoms with Crippen LogP contribution in [0.5, 0.6) is 5.88 Å². The van der Waals surface area contributed by atoms with Gasteiger partial charge < -0.3 is 19.3 Å². The molecule has 0 atom stereocenters. The number of ether oxygens (including phenoxy) is 3. The van der Waals surface area contributed by atoms with E-state index < -0.39 is 17.5 Å². The van der Waals surface area contributed by atoms with Gasteiger partial charge in [0.05, 0.1) is 12.8 Å². The van der Waals surface area contributed by atoms with E-state index in [9.17, 15) is 19.5 Å². The van der Waals surface area contributed by atoms with Gasteiger partial charge in [0, 0.05) is 18.2 Å². The van der Waals surface area contributed by atoms with Gasteiger partial charge in [-0.1, -0.05) is 30.7 Å². The molecule has 0 fully saturated rings. The first-order valence-corrected chi connectivity index (χ1v) is 13.7. The Morgan fingerprint density at radius 3 is 2.90 bits per heavy atom. The molecule has 0 saturated heterocycles. The number of rotatable bonds is 8. The van der Waals surface area contributed by atoms with Crippen LogP contribution in [0.4, 0.5) is 10.8 Å². The highest BCUT2D eigenvalue weighted by Gasteiger charge is 2.29. The molecule has 0 bridgehead atoms. The van der Waals surface area contributed by atoms with Gasteiger partial charge in [-0.25, -0.2) is 19.1 Å². The molecule has 0 unspecified atom stereocenters. The number of thiophene rings is 1. The zero-order chi connectivity index (χ0) is 27.5. The summed E-state index contributed by atoms with van der Waals surface area (Å²) >= 11 is 2.22. The van der Waals surface area contributed by atoms with Crippen LogP contribution in [-0.4, -0.2) is 38.6 Å². The number of hydrogen-bond donors (Lipinski definition) is 2. The summed E-state index contributed by atoms with van der Waals surface area (Å²) in [7, 11) is 1.24. The zero-order valence-electron chi connectivity index (χ0n) is 21.0. The number of aromatic hydroxyl groups is 1. The molecule has 39 heavy (non-hydrogen) atoms. The van der Waals surface area contributed by atoms with Crippen LogP contribution in [0.1, 0.15) is 48.8 Å². The molecule has 0 aromatic carbocycles. The summed E-state index contributed by atoms with van der Waals surface area (Å²) in [5.41, 5.74) is 0.916. The van der Waals surface area contributed by atoms with Crippen molar-refractivity contribution in [1.29, 1.82) is 0 Å². The summed E-state index contributed by atoms with van der Waals surface area (Å²) in [4.78, 5) is 46.3. The van der Waals surface area contributed by atoms with Crippen molar-refractivity contribution in [3.63, 3.8) is 0 Å². The van der Waals surface area contributed by atoms with Gasteiger partial charge >= 0.3 is 11.7 Å². The number of nitrogens with one attached hydrogen (secondary N) is 1. The van der Waals surface area contributed by atoms with Crippen LogP contribution in [0.15, 0.2) is 63.7 Å². The normalized spacial score (nSPS) is 14.6. The maximum absolute atomic E-state index is 13.1. The minimum atomic E-state index is -0.648. The molecule has 3 aromatic heterocycles. The highest BCUT2D eigenvalue weighted by molar-refractivity contribution is 7.14. The molecule has 0 spiro atoms. The average molecular weight is 569 g/mol. The second kappa shape index (κ2) is 11.2. The summed E-state index contributed by atoms with van der Waals surface area (Å²) in [6.45, 7) is 1.69. The first-order chi connectivity index (χ1) is 18.9. The topological polar surface area (TPSA) is 136 Å². The summed E-state index contributed by atoms with van der Waals surface area (Å²) in [6.07, 6.45) is 11.4. The molecule has 0 radical (unpaired) electrons. The Kier molecular flexibility index (Phi) is 7.52. The van der Waals surface area contributed by atoms with Gasteiger partial charge in [-0.2, -0.15) is 0 Å². The van der Waals surface area contributed by atoms with Crippen molar-refractivity contribution in [3.8, 4) is 10.9 Å². The first kappa shape index (κ1) is 26.3. The molecule has 202 valence electrons. The highest BCUT2D eigenvalue weighted by Crippen LogP contribution is 2.40. The van der Waals surface area contributed by atoms with Crippen molar-refractivity contribution in [1.82, 2.24) is 14.5 Å². The molecular weight excluding hydrogens is 544 g/mol. The van der Waals surface area contributed by atoms with Gasteiger partial charge in [-0.3, -0.25) is 14.7 Å². The van der Waals surface area contributed by atoms with E-state index in [0.717, 1.165) is 40.1 Å². The Morgan fingerprint density at radius 1 is 1.31 bits per heavy atom. The van der Waals surface area contributed by atoms with Crippen molar-refractivity contribution >= 4 is 51.1 Å². The SMILES string of the molecule is CCC(=O)N(c1nc(C(=O)OC)cs1)c1ccsc1-n1c(O)c(C2=COC=C(CC3=CC=CCC3)O2)[nH]c1=O. The van der Waals surface area contributed by atoms with Crippen LogP contribution < -0.4 is 10.6 Å². The number of amides is 1. The summed E-state index contributed by atoms with van der Waals surface area (Å²) in [5.74, 6) is -0.711. The number of H-pyrrole nitrogens is 1. The van der Waals surface area contributed by atoms with Crippen LogP contribution in [0.25, 0.3) is 10.8 Å². The van der Waals surface area contributed by atoms with Crippen molar-refractivity contribution in [2.24, 2.45) is 0 Å². The minimum Gasteiger partial charge on any atom is -0.493 e. The quantitative estimate of drug-likeness (QED) is 0.358. The standard InChI is InChI=1S/C26H24N4O7S2/c1-3-20(31)29(26-27-17(14-39-26)24(33)35-2)18-9-10-38-23(18)30-22(32)21(28-25(30)34)19-13-36-12-16(37-19)11-15-7-5-4-6-8-15/h4-5,7,9-10,12-14,32H,3,6,8,11H2,1-2H3,(H,28,34). The Hall–Kier alpha value is -4.36. The van der Waals surface area contributed by atoms with Gasteiger partial charge in [0.25, 0.3) is 0 Å². The van der Waals surface area contributed by atoms with E-state index in [0.29, 0.717) is 17.9 Å². The summed E-state index contributed by atoms with van der Waals surface area (Å²) in [5, 5.41) is 14.8. The fraction of sp³-hybridized carbons (Fsp3) is 0.231. The molecule has 13 heteroatoms. The number of aromatic nitrogens is 3. The lowest BCUT2D eigenvalue weighted by atomic mass is 10.0. The molecular formula is C26H24N4O7S2. The van der Waals surface area contributed by atoms with E-state index in [-0.39, 0.29) is 39.6 Å². The second-order valence-electron chi connectivity index (χ2n) is 8.44. The maximum atomic E-state index is 13.1. The van der Waals surface area contributed by atoms with E-state index in [1.807, 2.05) is 12.2 Å². The number of carbonyl (C=O) groups is 2. The molecule has 1 aliphatic heterocycles. The maximum Gasteiger partial charge on any atom is 0.357 e. The third-order valence-electron chi connectivity index (χ3n) is 5.93. The predicted molar refractivity (Wildman–Crippen MR) is 146 cm³/mol. The monoisotopic (exact) mass is 568 g/mol. The number of esters is 1. The number of hydrogen-bond acceptors (Lipinski definition) is 10. The smallest absolute Gasteiger partial charge is 0.357 e. The van der Waals surface area contributed by atoms with E-state index >= 15 is 0 Å². The molecule has 11 nitrogen and oxygen atoms in total. The van der Waals surface area contributed by atoms with E-state index in [1.54, 1.807) is 18.4 Å². The predicted octanol–water partition coefficient (Wildman–Crippen LogP) is 5.10. The Morgan fingerprint density at radius 2 is 2.15 bits per heavy atom. The third-order valence-corrected chi connectivity index (χ3v) is 7.65. The largest absolute Gasteiger partial charge is 0.493 e. The third kappa shape index (κ3) is 5.18. The molecule has 2 N–H and O–H groups in total. The zero-order valence-corrected chi connectivity index (χ0v) is 22.6. The molecule has 0 saturated carbocycles. The molecule has 1 aliphatic carbocycles. The lowest BCUT2D eigenvalue weighted by molar-refractivity contribution is -0.117. The molecule has 2 aliphatic rings. The number of allylic oxidation sites excluding steroid dienone is 4. The fourth-order valence-electron chi connectivity index (χ4n) is 4.06. The van der Waals surface area contributed by atoms with E-state index in [2.05, 4.69) is 16.0 Å². The number of thiazole rings is 1. The van der Waals surface area contributed by atoms with Crippen molar-refractivity contribution in [2.45, 2.75) is 32.6 Å². The van der Waals surface area contributed by atoms with E-state index in [1.165, 1.54) is 35.5 Å². The lowest BCUT2D eigenvalue weighted by Gasteiger charge is -2.20. The van der Waals surface area contributed by atoms with Crippen LogP contribution >= 0.6 is 22.7 Å². The lowest BCUT2D eigenvalue weighted by Crippen LogP contribution is -2.26. The Bertz CT molecular complexity index is 1600. The Labute approximate surface area is 230 Å². The van der Waals surface area contributed by atoms with Crippen molar-refractivity contribution in [3.05, 3.63) is 80.8 Å². The molecule has 1 amide bonds. The minimum absolute atomic E-state index is 0.0260. The fourth-order valence-corrected chi connectivity index (χ4v) is 5.76. The Balaban J connectivity index is 1.47. The molecule has 5 rings (SSSR count). The molecule has 3 aromatic rings. The number of methoxy groups -OCH3 is 1. The number of imidazole rings is 1. The van der Waals surface area contributed by atoms with Gasteiger partial charge in [0.1, 0.15) is 23.3 Å². The van der Waals surface area contributed by atoms with Gasteiger partial charge in [0.15, 0.2) is 22.3 Å². The summed E-state index contributed by atoms with van der Waals surface area (Å²) in [6, 6.07) is 1.64. The van der Waals surface area contributed by atoms with Crippen molar-refractivity contribution in [2.75, 3.05) is 12.0 Å². The van der Waals surface area contributed by atoms with Gasteiger partial charge in [-0.15, -0.1) is 22.7 Å². The van der Waals surface area contributed by atoms with Crippen molar-refractivity contribution < 1.29 is 28.9 Å². The van der Waals surface area contributed by atoms with E-state index in [4.69, 9.17) is 14.2 Å². The number of carbonyl (C=O) groups excluding carboxylic acids is 2. The van der Waals surface area contributed by atoms with Crippen LogP contribution in [0.3, 0.4) is 0 Å². The van der Waals surface area contributed by atoms with Crippen LogP contribution in [-0.2, 0) is 19.0 Å². The number of aromatic amines is 1. The number of anilines is 2. The van der Waals surface area contributed by atoms with Crippen LogP contribution in [0.2, 0.25) is 0 Å². The summed E-state index contributed by atoms with van der Waals surface area (Å²) < 4.78 is 17.2. The second-order valence-corrected chi connectivity index (χ2v) is 10.2. The molecule has 4 heterocycles. The van der Waals surface area contributed by atoms with Crippen LogP contribution in [0, 0.1) is 0 Å². The van der Waals surface area contributed by atoms with Gasteiger partial charge in [-0.05, 0) is 24.3 Å². The average Bonchev–Trinajstić information content (AvgIpc) is 3.69. The number of nitrogens with zero attached hydrogens (tertiary/aromatic N) is 3. The van der Waals surface area contributed by atoms with Gasteiger partial charge in [0.2, 0.25) is 11.8 Å². The first-order valence-electron chi connectivity index (χ1n) is 12.0. The highest BCUT2D eigenvalue weighted by atomic mass is 32.1.